The van der Waals surface area contributed by atoms with E-state index in [-0.39, 0.29) is 18.5 Å². The van der Waals surface area contributed by atoms with E-state index in [2.05, 4.69) is 65.7 Å². The Labute approximate surface area is 201 Å². The monoisotopic (exact) mass is 504 g/mol. The molecule has 6 nitrogen and oxygen atoms in total. The number of hydrogen-bond acceptors (Lipinski definition) is 2. The van der Waals surface area contributed by atoms with E-state index in [4.69, 9.17) is 0 Å². The topological polar surface area (TPSA) is 48.8 Å². The number of rotatable bonds is 11. The summed E-state index contributed by atoms with van der Waals surface area (Å²) in [5.74, 6) is 0.282. The van der Waals surface area contributed by atoms with Gasteiger partial charge in [-0.2, -0.15) is 0 Å². The number of aromatic nitrogens is 1. The molecule has 0 saturated carbocycles. The highest BCUT2D eigenvalue weighted by molar-refractivity contribution is 9.10. The smallest absolute Gasteiger partial charge is 0.319 e. The molecule has 1 aromatic carbocycles. The standard InChI is InChI=1S/C25H37BrN4O2/c1-6-7-14-29(24(31)19-30(16-20(2)3)25(32)27(4)5)18-23-9-8-15-28(23)17-21-10-12-22(26)13-11-21/h8-13,15,20H,6-7,14,16-19H2,1-5H3. The van der Waals surface area contributed by atoms with E-state index in [1.54, 1.807) is 19.0 Å². The highest BCUT2D eigenvalue weighted by Crippen LogP contribution is 2.15. The minimum Gasteiger partial charge on any atom is -0.345 e. The van der Waals surface area contributed by atoms with Crippen LogP contribution in [0.5, 0.6) is 0 Å². The largest absolute Gasteiger partial charge is 0.345 e. The van der Waals surface area contributed by atoms with E-state index >= 15 is 0 Å². The molecule has 32 heavy (non-hydrogen) atoms. The van der Waals surface area contributed by atoms with Gasteiger partial charge in [0.2, 0.25) is 5.91 Å². The van der Waals surface area contributed by atoms with Gasteiger partial charge in [0.25, 0.3) is 0 Å². The molecule has 0 aliphatic carbocycles. The third kappa shape index (κ3) is 8.01. The molecule has 0 aliphatic rings. The molecule has 0 spiro atoms. The summed E-state index contributed by atoms with van der Waals surface area (Å²) in [7, 11) is 3.45. The first-order chi connectivity index (χ1) is 15.2. The van der Waals surface area contributed by atoms with E-state index in [1.807, 2.05) is 23.1 Å². The second-order valence-electron chi connectivity index (χ2n) is 8.87. The van der Waals surface area contributed by atoms with Crippen molar-refractivity contribution in [2.75, 3.05) is 33.7 Å². The summed E-state index contributed by atoms with van der Waals surface area (Å²) in [6.07, 6.45) is 4.00. The third-order valence-corrected chi connectivity index (χ3v) is 5.77. The fourth-order valence-corrected chi connectivity index (χ4v) is 3.83. The quantitative estimate of drug-likeness (QED) is 0.428. The van der Waals surface area contributed by atoms with Gasteiger partial charge >= 0.3 is 6.03 Å². The summed E-state index contributed by atoms with van der Waals surface area (Å²) in [6.45, 7) is 8.88. The molecule has 0 N–H and O–H groups in total. The minimum absolute atomic E-state index is 0.00862. The Balaban J connectivity index is 2.15. The van der Waals surface area contributed by atoms with Gasteiger partial charge in [0.15, 0.2) is 0 Å². The first-order valence-corrected chi connectivity index (χ1v) is 12.1. The number of urea groups is 1. The third-order valence-electron chi connectivity index (χ3n) is 5.24. The van der Waals surface area contributed by atoms with Crippen LogP contribution in [0.3, 0.4) is 0 Å². The minimum atomic E-state index is -0.124. The number of hydrogen-bond donors (Lipinski definition) is 0. The van der Waals surface area contributed by atoms with Gasteiger partial charge in [0, 0.05) is 50.1 Å². The van der Waals surface area contributed by atoms with Gasteiger partial charge in [0.1, 0.15) is 6.54 Å². The van der Waals surface area contributed by atoms with Crippen LogP contribution in [0.4, 0.5) is 4.79 Å². The molecule has 3 amide bonds. The predicted molar refractivity (Wildman–Crippen MR) is 133 cm³/mol. The first kappa shape index (κ1) is 26.0. The molecule has 1 heterocycles. The molecule has 0 saturated heterocycles. The average molecular weight is 506 g/mol. The maximum Gasteiger partial charge on any atom is 0.319 e. The van der Waals surface area contributed by atoms with Crippen LogP contribution in [0, 0.1) is 5.92 Å². The number of benzene rings is 1. The van der Waals surface area contributed by atoms with Gasteiger partial charge < -0.3 is 19.3 Å². The van der Waals surface area contributed by atoms with Gasteiger partial charge in [-0.05, 0) is 42.2 Å². The van der Waals surface area contributed by atoms with Crippen molar-refractivity contribution in [1.29, 1.82) is 0 Å². The fraction of sp³-hybridized carbons (Fsp3) is 0.520. The summed E-state index contributed by atoms with van der Waals surface area (Å²) in [5.41, 5.74) is 2.29. The first-order valence-electron chi connectivity index (χ1n) is 11.3. The Morgan fingerprint density at radius 2 is 1.75 bits per heavy atom. The molecular formula is C25H37BrN4O2. The van der Waals surface area contributed by atoms with Crippen molar-refractivity contribution in [3.05, 3.63) is 58.3 Å². The zero-order valence-electron chi connectivity index (χ0n) is 20.1. The van der Waals surface area contributed by atoms with Crippen LogP contribution in [0.1, 0.15) is 44.9 Å². The number of amides is 3. The molecule has 2 rings (SSSR count). The zero-order chi connectivity index (χ0) is 23.7. The lowest BCUT2D eigenvalue weighted by atomic mass is 10.2. The van der Waals surface area contributed by atoms with Crippen molar-refractivity contribution in [3.63, 3.8) is 0 Å². The van der Waals surface area contributed by atoms with Crippen LogP contribution in [-0.4, -0.2) is 64.9 Å². The Kier molecular flexibility index (Phi) is 10.3. The van der Waals surface area contributed by atoms with Crippen molar-refractivity contribution >= 4 is 27.9 Å². The maximum atomic E-state index is 13.3. The molecule has 2 aromatic rings. The lowest BCUT2D eigenvalue weighted by Gasteiger charge is -2.30. The Hall–Kier alpha value is -2.28. The van der Waals surface area contributed by atoms with Crippen molar-refractivity contribution in [3.8, 4) is 0 Å². The van der Waals surface area contributed by atoms with Crippen LogP contribution in [0.15, 0.2) is 47.1 Å². The van der Waals surface area contributed by atoms with E-state index in [0.29, 0.717) is 25.6 Å². The molecule has 1 aromatic heterocycles. The molecule has 0 atom stereocenters. The van der Waals surface area contributed by atoms with E-state index in [1.165, 1.54) is 10.5 Å². The van der Waals surface area contributed by atoms with Crippen LogP contribution >= 0.6 is 15.9 Å². The molecule has 7 heteroatoms. The molecule has 0 aliphatic heterocycles. The molecule has 0 unspecified atom stereocenters. The number of halogens is 1. The number of carbonyl (C=O) groups is 2. The second-order valence-corrected chi connectivity index (χ2v) is 9.79. The molecule has 0 radical (unpaired) electrons. The maximum absolute atomic E-state index is 13.3. The number of nitrogens with zero attached hydrogens (tertiary/aromatic N) is 4. The highest BCUT2D eigenvalue weighted by atomic mass is 79.9. The number of unbranched alkanes of at least 4 members (excludes halogenated alkanes) is 1. The van der Waals surface area contributed by atoms with Gasteiger partial charge in [-0.15, -0.1) is 0 Å². The second kappa shape index (κ2) is 12.7. The summed E-state index contributed by atoms with van der Waals surface area (Å²) < 4.78 is 3.25. The Morgan fingerprint density at radius 3 is 2.34 bits per heavy atom. The summed E-state index contributed by atoms with van der Waals surface area (Å²) in [5, 5.41) is 0. The Morgan fingerprint density at radius 1 is 1.06 bits per heavy atom. The van der Waals surface area contributed by atoms with Crippen molar-refractivity contribution in [1.82, 2.24) is 19.3 Å². The Bertz CT molecular complexity index is 861. The SMILES string of the molecule is CCCCN(Cc1cccn1Cc1ccc(Br)cc1)C(=O)CN(CC(C)C)C(=O)N(C)C. The molecular weight excluding hydrogens is 468 g/mol. The van der Waals surface area contributed by atoms with Crippen molar-refractivity contribution < 1.29 is 9.59 Å². The molecule has 0 fully saturated rings. The highest BCUT2D eigenvalue weighted by Gasteiger charge is 2.23. The molecule has 0 bridgehead atoms. The predicted octanol–water partition coefficient (Wildman–Crippen LogP) is 5.07. The van der Waals surface area contributed by atoms with Crippen LogP contribution < -0.4 is 0 Å². The summed E-state index contributed by atoms with van der Waals surface area (Å²) >= 11 is 3.48. The van der Waals surface area contributed by atoms with Crippen molar-refractivity contribution in [2.24, 2.45) is 5.92 Å². The van der Waals surface area contributed by atoms with E-state index in [0.717, 1.165) is 29.6 Å². The van der Waals surface area contributed by atoms with Crippen molar-refractivity contribution in [2.45, 2.75) is 46.7 Å². The lowest BCUT2D eigenvalue weighted by Crippen LogP contribution is -2.47. The van der Waals surface area contributed by atoms with Gasteiger partial charge in [-0.25, -0.2) is 4.79 Å². The van der Waals surface area contributed by atoms with Gasteiger partial charge in [-0.1, -0.05) is 55.3 Å². The molecule has 176 valence electrons. The number of carbonyl (C=O) groups excluding carboxylic acids is 2. The zero-order valence-corrected chi connectivity index (χ0v) is 21.6. The van der Waals surface area contributed by atoms with E-state index in [9.17, 15) is 9.59 Å². The fourth-order valence-electron chi connectivity index (χ4n) is 3.57. The normalized spacial score (nSPS) is 11.0. The lowest BCUT2D eigenvalue weighted by molar-refractivity contribution is -0.132. The van der Waals surface area contributed by atoms with Crippen LogP contribution in [0.2, 0.25) is 0 Å². The van der Waals surface area contributed by atoms with Crippen LogP contribution in [-0.2, 0) is 17.9 Å². The van der Waals surface area contributed by atoms with E-state index < -0.39 is 0 Å². The van der Waals surface area contributed by atoms with Gasteiger partial charge in [0.05, 0.1) is 6.54 Å². The average Bonchev–Trinajstić information content (AvgIpc) is 3.17. The summed E-state index contributed by atoms with van der Waals surface area (Å²) in [6, 6.07) is 12.3. The summed E-state index contributed by atoms with van der Waals surface area (Å²) in [4.78, 5) is 31.0. The van der Waals surface area contributed by atoms with Crippen LogP contribution in [0.25, 0.3) is 0 Å². The van der Waals surface area contributed by atoms with Gasteiger partial charge in [-0.3, -0.25) is 4.79 Å².